The zero-order chi connectivity index (χ0) is 20.0. The minimum Gasteiger partial charge on any atom is -0.481 e. The molecule has 0 heterocycles. The first kappa shape index (κ1) is 23.8. The van der Waals surface area contributed by atoms with Crippen molar-refractivity contribution in [3.05, 3.63) is 29.8 Å². The number of aliphatic carboxylic acids is 3. The Bertz CT molecular complexity index is 592. The van der Waals surface area contributed by atoms with Crippen LogP contribution in [-0.4, -0.2) is 45.0 Å². The van der Waals surface area contributed by atoms with Crippen LogP contribution >= 0.6 is 0 Å². The summed E-state index contributed by atoms with van der Waals surface area (Å²) in [5.74, 6) is -3.08. The number of amides is 1. The molecule has 0 aliphatic rings. The number of carbonyl (C=O) groups excluding carboxylic acids is 1. The number of nitrogens with one attached hydrogen (secondary N) is 2. The van der Waals surface area contributed by atoms with Crippen molar-refractivity contribution in [1.82, 2.24) is 0 Å². The third-order valence-corrected chi connectivity index (χ3v) is 2.05. The summed E-state index contributed by atoms with van der Waals surface area (Å²) in [5.41, 5.74) is 6.39. The first-order valence-corrected chi connectivity index (χ1v) is 6.80. The molecule has 1 rings (SSSR count). The molecule has 0 aromatic heterocycles. The fourth-order valence-corrected chi connectivity index (χ4v) is 1.18. The van der Waals surface area contributed by atoms with E-state index in [1.54, 1.807) is 24.3 Å². The van der Waals surface area contributed by atoms with E-state index in [9.17, 15) is 9.59 Å². The predicted molar refractivity (Wildman–Crippen MR) is 89.6 cm³/mol. The molecule has 0 atom stereocenters. The topological polar surface area (TPSA) is 191 Å². The Morgan fingerprint density at radius 3 is 1.68 bits per heavy atom. The maximum Gasteiger partial charge on any atom is 0.303 e. The second-order valence-corrected chi connectivity index (χ2v) is 4.47. The molecule has 1 aromatic rings. The van der Waals surface area contributed by atoms with Gasteiger partial charge in [-0.25, -0.2) is 0 Å². The van der Waals surface area contributed by atoms with Gasteiger partial charge in [-0.15, -0.1) is 0 Å². The van der Waals surface area contributed by atoms with Crippen LogP contribution in [0.1, 0.15) is 32.3 Å². The summed E-state index contributed by atoms with van der Waals surface area (Å²) in [6.45, 7) is 2.17. The van der Waals surface area contributed by atoms with Gasteiger partial charge in [0.15, 0.2) is 0 Å². The molecule has 0 unspecified atom stereocenters. The van der Waals surface area contributed by atoms with Gasteiger partial charge in [0.25, 0.3) is 11.9 Å². The lowest BCUT2D eigenvalue weighted by molar-refractivity contribution is -0.138. The number of nitrogens with two attached hydrogens (primary N) is 1. The summed E-state index contributed by atoms with van der Waals surface area (Å²) in [4.78, 5) is 39.6. The zero-order valence-electron chi connectivity index (χ0n) is 13.8. The molecule has 10 heteroatoms. The average Bonchev–Trinajstić information content (AvgIpc) is 2.44. The number of carboxylic acid groups (broad SMARTS) is 3. The standard InChI is InChI=1S/C11H13N3O3.2C2H4O2/c12-11(13)7-1-3-8(4-2-7)14-9(15)5-6-10(16)17;2*1-2(3)4/h1-4H,5-6H2,(H3,12,13)(H,14,15)(H,16,17);2*1H3,(H,3,4). The maximum atomic E-state index is 11.3. The second kappa shape index (κ2) is 13.0. The molecule has 0 fully saturated rings. The molecule has 0 aliphatic carbocycles. The molecule has 0 saturated heterocycles. The van der Waals surface area contributed by atoms with E-state index in [-0.39, 0.29) is 24.6 Å². The normalized spacial score (nSPS) is 8.56. The lowest BCUT2D eigenvalue weighted by Crippen LogP contribution is -2.14. The summed E-state index contributed by atoms with van der Waals surface area (Å²) >= 11 is 0. The highest BCUT2D eigenvalue weighted by molar-refractivity contribution is 5.96. The Hall–Kier alpha value is -3.43. The third kappa shape index (κ3) is 18.5. The van der Waals surface area contributed by atoms with Gasteiger partial charge < -0.3 is 26.4 Å². The molecule has 0 aliphatic heterocycles. The van der Waals surface area contributed by atoms with Crippen molar-refractivity contribution in [3.8, 4) is 0 Å². The van der Waals surface area contributed by atoms with Crippen molar-refractivity contribution in [1.29, 1.82) is 5.41 Å². The van der Waals surface area contributed by atoms with Crippen molar-refractivity contribution in [2.75, 3.05) is 5.32 Å². The molecule has 7 N–H and O–H groups in total. The van der Waals surface area contributed by atoms with Gasteiger partial charge in [0.05, 0.1) is 6.42 Å². The van der Waals surface area contributed by atoms with Crippen molar-refractivity contribution < 1.29 is 34.5 Å². The van der Waals surface area contributed by atoms with Gasteiger partial charge in [-0.3, -0.25) is 24.6 Å². The highest BCUT2D eigenvalue weighted by Crippen LogP contribution is 2.09. The van der Waals surface area contributed by atoms with Gasteiger partial charge in [-0.2, -0.15) is 0 Å². The van der Waals surface area contributed by atoms with Gasteiger partial charge in [0, 0.05) is 31.5 Å². The fourth-order valence-electron chi connectivity index (χ4n) is 1.18. The van der Waals surface area contributed by atoms with Crippen molar-refractivity contribution >= 4 is 35.3 Å². The zero-order valence-corrected chi connectivity index (χ0v) is 13.8. The van der Waals surface area contributed by atoms with Gasteiger partial charge in [0.1, 0.15) is 5.84 Å². The van der Waals surface area contributed by atoms with Crippen LogP contribution in [-0.2, 0) is 19.2 Å². The minimum absolute atomic E-state index is 0.0475. The largest absolute Gasteiger partial charge is 0.481 e. The number of hydrogen-bond donors (Lipinski definition) is 6. The molecular formula is C15H21N3O7. The molecular weight excluding hydrogens is 334 g/mol. The molecule has 10 nitrogen and oxygen atoms in total. The second-order valence-electron chi connectivity index (χ2n) is 4.47. The van der Waals surface area contributed by atoms with Crippen molar-refractivity contribution in [3.63, 3.8) is 0 Å². The smallest absolute Gasteiger partial charge is 0.303 e. The van der Waals surface area contributed by atoms with Crippen LogP contribution in [0, 0.1) is 5.41 Å². The van der Waals surface area contributed by atoms with Crippen LogP contribution in [0.25, 0.3) is 0 Å². The van der Waals surface area contributed by atoms with Gasteiger partial charge in [-0.05, 0) is 24.3 Å². The number of carbonyl (C=O) groups is 4. The Balaban J connectivity index is 0. The molecule has 1 aromatic carbocycles. The number of anilines is 1. The SMILES string of the molecule is CC(=O)O.CC(=O)O.N=C(N)c1ccc(NC(=O)CCC(=O)O)cc1. The van der Waals surface area contributed by atoms with Crippen LogP contribution in [0.2, 0.25) is 0 Å². The predicted octanol–water partition coefficient (Wildman–Crippen LogP) is 0.956. The highest BCUT2D eigenvalue weighted by atomic mass is 16.4. The molecule has 0 spiro atoms. The van der Waals surface area contributed by atoms with E-state index in [4.69, 9.17) is 36.1 Å². The van der Waals surface area contributed by atoms with Gasteiger partial charge >= 0.3 is 5.97 Å². The molecule has 0 bridgehead atoms. The van der Waals surface area contributed by atoms with Crippen LogP contribution in [0.5, 0.6) is 0 Å². The monoisotopic (exact) mass is 355 g/mol. The van der Waals surface area contributed by atoms with E-state index in [2.05, 4.69) is 5.32 Å². The van der Waals surface area contributed by atoms with Crippen molar-refractivity contribution in [2.24, 2.45) is 5.73 Å². The minimum atomic E-state index is -1.01. The molecule has 138 valence electrons. The van der Waals surface area contributed by atoms with E-state index in [1.165, 1.54) is 0 Å². The number of benzene rings is 1. The first-order chi connectivity index (χ1) is 11.5. The Morgan fingerprint density at radius 1 is 0.960 bits per heavy atom. The number of rotatable bonds is 5. The van der Waals surface area contributed by atoms with E-state index >= 15 is 0 Å². The lowest BCUT2D eigenvalue weighted by Gasteiger charge is -2.05. The number of carboxylic acids is 3. The third-order valence-electron chi connectivity index (χ3n) is 2.05. The summed E-state index contributed by atoms with van der Waals surface area (Å²) < 4.78 is 0. The summed E-state index contributed by atoms with van der Waals surface area (Å²) in [6.07, 6.45) is -0.263. The van der Waals surface area contributed by atoms with Crippen molar-refractivity contribution in [2.45, 2.75) is 26.7 Å². The number of nitrogen functional groups attached to an aromatic ring is 1. The number of hydrogen-bond acceptors (Lipinski definition) is 5. The van der Waals surface area contributed by atoms with Crippen LogP contribution < -0.4 is 11.1 Å². The summed E-state index contributed by atoms with van der Waals surface area (Å²) in [5, 5.41) is 33.0. The van der Waals surface area contributed by atoms with E-state index in [1.807, 2.05) is 0 Å². The first-order valence-electron chi connectivity index (χ1n) is 6.80. The summed E-state index contributed by atoms with van der Waals surface area (Å²) in [6, 6.07) is 6.43. The van der Waals surface area contributed by atoms with E-state index in [0.717, 1.165) is 13.8 Å². The molecule has 1 amide bonds. The summed E-state index contributed by atoms with van der Waals surface area (Å²) in [7, 11) is 0. The highest BCUT2D eigenvalue weighted by Gasteiger charge is 2.05. The molecule has 0 radical (unpaired) electrons. The Labute approximate surface area is 143 Å². The van der Waals surface area contributed by atoms with Gasteiger partial charge in [-0.1, -0.05) is 0 Å². The maximum absolute atomic E-state index is 11.3. The van der Waals surface area contributed by atoms with E-state index < -0.39 is 17.9 Å². The van der Waals surface area contributed by atoms with Crippen LogP contribution in [0.15, 0.2) is 24.3 Å². The van der Waals surface area contributed by atoms with E-state index in [0.29, 0.717) is 11.3 Å². The van der Waals surface area contributed by atoms with Gasteiger partial charge in [0.2, 0.25) is 5.91 Å². The lowest BCUT2D eigenvalue weighted by atomic mass is 10.2. The number of amidine groups is 1. The molecule has 25 heavy (non-hydrogen) atoms. The van der Waals surface area contributed by atoms with Crippen LogP contribution in [0.3, 0.4) is 0 Å². The Morgan fingerprint density at radius 2 is 1.36 bits per heavy atom. The van der Waals surface area contributed by atoms with Crippen LogP contribution in [0.4, 0.5) is 5.69 Å². The fraction of sp³-hybridized carbons (Fsp3) is 0.267. The quantitative estimate of drug-likeness (QED) is 0.332. The molecule has 0 saturated carbocycles. The Kier molecular flexibility index (Phi) is 12.4. The average molecular weight is 355 g/mol.